The first-order chi connectivity index (χ1) is 10.1. The third kappa shape index (κ3) is 4.06. The number of amides is 1. The summed E-state index contributed by atoms with van der Waals surface area (Å²) in [7, 11) is 0. The number of pyridine rings is 1. The summed E-state index contributed by atoms with van der Waals surface area (Å²) in [5.74, 6) is 4.92. The smallest absolute Gasteiger partial charge is 0.257 e. The summed E-state index contributed by atoms with van der Waals surface area (Å²) in [6.07, 6.45) is 2.98. The maximum atomic E-state index is 12.1. The second-order valence-corrected chi connectivity index (χ2v) is 4.75. The van der Waals surface area contributed by atoms with E-state index >= 15 is 0 Å². The molecule has 1 aromatic carbocycles. The number of carbonyl (C=O) groups excluding carboxylic acids is 1. The van der Waals surface area contributed by atoms with Crippen LogP contribution in [0.3, 0.4) is 0 Å². The minimum absolute atomic E-state index is 0.238. The van der Waals surface area contributed by atoms with Crippen LogP contribution in [0.2, 0.25) is 5.02 Å². The number of aliphatic hydroxyl groups excluding tert-OH is 1. The lowest BCUT2D eigenvalue weighted by Crippen LogP contribution is -2.12. The minimum Gasteiger partial charge on any atom is -0.384 e. The van der Waals surface area contributed by atoms with Gasteiger partial charge in [-0.15, -0.1) is 0 Å². The molecule has 1 amide bonds. The van der Waals surface area contributed by atoms with Gasteiger partial charge in [0.15, 0.2) is 0 Å². The molecule has 2 aromatic rings. The van der Waals surface area contributed by atoms with Gasteiger partial charge < -0.3 is 10.4 Å². The van der Waals surface area contributed by atoms with Crippen molar-refractivity contribution < 1.29 is 9.90 Å². The van der Waals surface area contributed by atoms with Gasteiger partial charge >= 0.3 is 0 Å². The molecule has 2 N–H and O–H groups in total. The minimum atomic E-state index is -0.296. The van der Waals surface area contributed by atoms with E-state index < -0.39 is 0 Å². The van der Waals surface area contributed by atoms with Gasteiger partial charge in [0.25, 0.3) is 5.91 Å². The highest BCUT2D eigenvalue weighted by molar-refractivity contribution is 6.31. The van der Waals surface area contributed by atoms with Crippen molar-refractivity contribution >= 4 is 23.2 Å². The molecular weight excluding hydrogens is 288 g/mol. The van der Waals surface area contributed by atoms with Crippen LogP contribution in [-0.2, 0) is 0 Å². The number of halogens is 1. The first-order valence-electron chi connectivity index (χ1n) is 6.22. The summed E-state index contributed by atoms with van der Waals surface area (Å²) in [6.45, 7) is 1.65. The fourth-order valence-corrected chi connectivity index (χ4v) is 1.83. The van der Waals surface area contributed by atoms with Crippen molar-refractivity contribution in [2.45, 2.75) is 6.92 Å². The molecule has 0 radical (unpaired) electrons. The van der Waals surface area contributed by atoms with Crippen LogP contribution in [-0.4, -0.2) is 22.6 Å². The molecule has 0 aliphatic rings. The van der Waals surface area contributed by atoms with E-state index in [1.807, 2.05) is 13.0 Å². The highest BCUT2D eigenvalue weighted by Crippen LogP contribution is 2.20. The lowest BCUT2D eigenvalue weighted by molar-refractivity contribution is 0.102. The zero-order valence-electron chi connectivity index (χ0n) is 11.4. The van der Waals surface area contributed by atoms with Crippen molar-refractivity contribution in [1.29, 1.82) is 0 Å². The molecule has 0 spiro atoms. The molecule has 21 heavy (non-hydrogen) atoms. The van der Waals surface area contributed by atoms with Crippen LogP contribution in [0.1, 0.15) is 21.5 Å². The summed E-state index contributed by atoms with van der Waals surface area (Å²) in [5, 5.41) is 12.0. The number of hydrogen-bond donors (Lipinski definition) is 2. The number of aryl methyl sites for hydroxylation is 1. The molecule has 0 aliphatic heterocycles. The van der Waals surface area contributed by atoms with E-state index in [-0.39, 0.29) is 12.5 Å². The van der Waals surface area contributed by atoms with Gasteiger partial charge in [0, 0.05) is 28.7 Å². The van der Waals surface area contributed by atoms with E-state index in [0.717, 1.165) is 5.56 Å². The fourth-order valence-electron chi connectivity index (χ4n) is 1.65. The second kappa shape index (κ2) is 6.89. The molecule has 0 aliphatic carbocycles. The molecule has 106 valence electrons. The first kappa shape index (κ1) is 15.0. The number of aliphatic hydroxyl groups is 1. The zero-order valence-corrected chi connectivity index (χ0v) is 12.1. The molecule has 0 atom stereocenters. The molecule has 1 aromatic heterocycles. The molecule has 5 heteroatoms. The monoisotopic (exact) mass is 300 g/mol. The molecule has 1 heterocycles. The number of nitrogens with one attached hydrogen (secondary N) is 1. The standard InChI is InChI=1S/C16H13ClN2O2/c1-11-4-5-14(8-15(11)17)19-16(21)13-7-12(3-2-6-20)9-18-10-13/h4-5,7-10,20H,6H2,1H3,(H,19,21). The average Bonchev–Trinajstić information content (AvgIpc) is 2.49. The Hall–Kier alpha value is -2.35. The van der Waals surface area contributed by atoms with Crippen LogP contribution in [0.5, 0.6) is 0 Å². The van der Waals surface area contributed by atoms with Crippen molar-refractivity contribution in [1.82, 2.24) is 4.98 Å². The van der Waals surface area contributed by atoms with Crippen molar-refractivity contribution in [3.63, 3.8) is 0 Å². The number of hydrogen-bond acceptors (Lipinski definition) is 3. The van der Waals surface area contributed by atoms with Crippen LogP contribution in [0.25, 0.3) is 0 Å². The predicted octanol–water partition coefficient (Wildman–Crippen LogP) is 2.64. The number of nitrogens with zero attached hydrogens (tertiary/aromatic N) is 1. The van der Waals surface area contributed by atoms with Gasteiger partial charge in [-0.05, 0) is 30.7 Å². The number of carbonyl (C=O) groups is 1. The lowest BCUT2D eigenvalue weighted by Gasteiger charge is -2.07. The Kier molecular flexibility index (Phi) is 4.94. The summed E-state index contributed by atoms with van der Waals surface area (Å²) in [5.41, 5.74) is 2.51. The first-order valence-corrected chi connectivity index (χ1v) is 6.60. The van der Waals surface area contributed by atoms with Gasteiger partial charge in [-0.25, -0.2) is 0 Å². The number of benzene rings is 1. The van der Waals surface area contributed by atoms with Crippen LogP contribution < -0.4 is 5.32 Å². The molecule has 0 fully saturated rings. The van der Waals surface area contributed by atoms with Crippen LogP contribution >= 0.6 is 11.6 Å². The molecule has 0 saturated heterocycles. The molecule has 0 saturated carbocycles. The Morgan fingerprint density at radius 1 is 1.38 bits per heavy atom. The van der Waals surface area contributed by atoms with Crippen LogP contribution in [0.4, 0.5) is 5.69 Å². The van der Waals surface area contributed by atoms with Gasteiger partial charge in [0.1, 0.15) is 6.61 Å². The van der Waals surface area contributed by atoms with Gasteiger partial charge in [0.05, 0.1) is 5.56 Å². The number of rotatable bonds is 2. The third-order valence-corrected chi connectivity index (χ3v) is 3.15. The summed E-state index contributed by atoms with van der Waals surface area (Å²) >= 11 is 6.02. The molecular formula is C16H13ClN2O2. The maximum absolute atomic E-state index is 12.1. The summed E-state index contributed by atoms with van der Waals surface area (Å²) in [4.78, 5) is 16.1. The molecule has 2 rings (SSSR count). The highest BCUT2D eigenvalue weighted by Gasteiger charge is 2.08. The summed E-state index contributed by atoms with van der Waals surface area (Å²) in [6, 6.07) is 6.92. The van der Waals surface area contributed by atoms with Gasteiger partial charge in [-0.3, -0.25) is 9.78 Å². The molecule has 4 nitrogen and oxygen atoms in total. The predicted molar refractivity (Wildman–Crippen MR) is 82.3 cm³/mol. The lowest BCUT2D eigenvalue weighted by atomic mass is 10.2. The van der Waals surface area contributed by atoms with Gasteiger partial charge in [-0.2, -0.15) is 0 Å². The van der Waals surface area contributed by atoms with Crippen molar-refractivity contribution in [3.8, 4) is 11.8 Å². The topological polar surface area (TPSA) is 62.2 Å². The second-order valence-electron chi connectivity index (χ2n) is 4.34. The number of anilines is 1. The van der Waals surface area contributed by atoms with Crippen molar-refractivity contribution in [2.75, 3.05) is 11.9 Å². The number of aromatic nitrogens is 1. The van der Waals surface area contributed by atoms with E-state index in [1.165, 1.54) is 12.4 Å². The fraction of sp³-hybridized carbons (Fsp3) is 0.125. The van der Waals surface area contributed by atoms with Gasteiger partial charge in [-0.1, -0.05) is 29.5 Å². The van der Waals surface area contributed by atoms with Crippen molar-refractivity contribution in [3.05, 3.63) is 58.4 Å². The highest BCUT2D eigenvalue weighted by atomic mass is 35.5. The Morgan fingerprint density at radius 3 is 2.90 bits per heavy atom. The zero-order chi connectivity index (χ0) is 15.2. The molecule has 0 unspecified atom stereocenters. The van der Waals surface area contributed by atoms with Crippen LogP contribution in [0.15, 0.2) is 36.7 Å². The van der Waals surface area contributed by atoms with Gasteiger partial charge in [0.2, 0.25) is 0 Å². The Balaban J connectivity index is 2.18. The third-order valence-electron chi connectivity index (χ3n) is 2.74. The normalized spacial score (nSPS) is 9.67. The largest absolute Gasteiger partial charge is 0.384 e. The average molecular weight is 301 g/mol. The van der Waals surface area contributed by atoms with E-state index in [0.29, 0.717) is 21.8 Å². The Bertz CT molecular complexity index is 733. The van der Waals surface area contributed by atoms with E-state index in [2.05, 4.69) is 22.1 Å². The van der Waals surface area contributed by atoms with E-state index in [4.69, 9.17) is 16.7 Å². The maximum Gasteiger partial charge on any atom is 0.257 e. The van der Waals surface area contributed by atoms with Crippen molar-refractivity contribution in [2.24, 2.45) is 0 Å². The SMILES string of the molecule is Cc1ccc(NC(=O)c2cncc(C#CCO)c2)cc1Cl. The quantitative estimate of drug-likeness (QED) is 0.838. The Morgan fingerprint density at radius 2 is 2.19 bits per heavy atom. The van der Waals surface area contributed by atoms with Crippen LogP contribution in [0, 0.1) is 18.8 Å². The van der Waals surface area contributed by atoms with E-state index in [9.17, 15) is 4.79 Å². The van der Waals surface area contributed by atoms with E-state index in [1.54, 1.807) is 18.2 Å². The summed E-state index contributed by atoms with van der Waals surface area (Å²) < 4.78 is 0. The Labute approximate surface area is 127 Å². The molecule has 0 bridgehead atoms.